The molecule has 1 heterocycles. The number of fused-ring (bicyclic) bond motifs is 1. The normalized spacial score (nSPS) is 17.6. The summed E-state index contributed by atoms with van der Waals surface area (Å²) in [6.45, 7) is 5.22. The number of carbonyl (C=O) groups is 1. The van der Waals surface area contributed by atoms with Crippen molar-refractivity contribution in [3.05, 3.63) is 48.0 Å². The van der Waals surface area contributed by atoms with E-state index in [-0.39, 0.29) is 18.6 Å². The number of rotatable bonds is 5. The third-order valence-corrected chi connectivity index (χ3v) is 3.39. The molecule has 1 aliphatic rings. The molecule has 4 nitrogen and oxygen atoms in total. The fourth-order valence-corrected chi connectivity index (χ4v) is 2.48. The summed E-state index contributed by atoms with van der Waals surface area (Å²) in [5.74, 6) is 0.00102. The van der Waals surface area contributed by atoms with Crippen LogP contribution in [0.3, 0.4) is 0 Å². The smallest absolute Gasteiger partial charge is 0.244 e. The van der Waals surface area contributed by atoms with E-state index in [0.29, 0.717) is 13.1 Å². The van der Waals surface area contributed by atoms with E-state index in [1.165, 1.54) is 5.56 Å². The van der Waals surface area contributed by atoms with E-state index >= 15 is 0 Å². The molecule has 2 N–H and O–H groups in total. The Labute approximate surface area is 113 Å². The van der Waals surface area contributed by atoms with E-state index in [0.717, 1.165) is 18.5 Å². The van der Waals surface area contributed by atoms with Crippen molar-refractivity contribution >= 4 is 5.91 Å². The van der Waals surface area contributed by atoms with Gasteiger partial charge < -0.3 is 15.3 Å². The minimum Gasteiger partial charge on any atom is -0.395 e. The molecule has 1 aromatic rings. The largest absolute Gasteiger partial charge is 0.395 e. The first-order valence-corrected chi connectivity index (χ1v) is 6.59. The average Bonchev–Trinajstić information content (AvgIpc) is 2.46. The number of benzene rings is 1. The zero-order valence-corrected chi connectivity index (χ0v) is 11.0. The molecule has 0 saturated heterocycles. The second kappa shape index (κ2) is 6.50. The Morgan fingerprint density at radius 3 is 3.05 bits per heavy atom. The van der Waals surface area contributed by atoms with Crippen molar-refractivity contribution in [1.82, 2.24) is 10.2 Å². The molecule has 0 bridgehead atoms. The fraction of sp³-hybridized carbons (Fsp3) is 0.400. The van der Waals surface area contributed by atoms with Gasteiger partial charge in [-0.05, 0) is 17.5 Å². The molecule has 4 heteroatoms. The quantitative estimate of drug-likeness (QED) is 0.773. The average molecular weight is 260 g/mol. The van der Waals surface area contributed by atoms with Crippen LogP contribution in [0.2, 0.25) is 0 Å². The minimum absolute atomic E-state index is 0.00102. The van der Waals surface area contributed by atoms with Crippen molar-refractivity contribution < 1.29 is 9.90 Å². The second-order valence-electron chi connectivity index (χ2n) is 4.63. The van der Waals surface area contributed by atoms with E-state index < -0.39 is 0 Å². The van der Waals surface area contributed by atoms with Crippen LogP contribution in [0.4, 0.5) is 0 Å². The SMILES string of the molecule is C=CCN(CCO)C(=O)C1NCCc2ccccc21. The predicted octanol–water partition coefficient (Wildman–Crippen LogP) is 0.880. The van der Waals surface area contributed by atoms with Gasteiger partial charge in [-0.2, -0.15) is 0 Å². The number of hydrogen-bond acceptors (Lipinski definition) is 3. The van der Waals surface area contributed by atoms with Crippen molar-refractivity contribution in [2.45, 2.75) is 12.5 Å². The van der Waals surface area contributed by atoms with Crippen molar-refractivity contribution in [3.8, 4) is 0 Å². The van der Waals surface area contributed by atoms with Gasteiger partial charge in [-0.1, -0.05) is 30.3 Å². The highest BCUT2D eigenvalue weighted by atomic mass is 16.3. The molecule has 102 valence electrons. The van der Waals surface area contributed by atoms with Gasteiger partial charge in [-0.3, -0.25) is 4.79 Å². The molecule has 1 amide bonds. The lowest BCUT2D eigenvalue weighted by Gasteiger charge is -2.30. The summed E-state index contributed by atoms with van der Waals surface area (Å²) in [6.07, 6.45) is 2.63. The molecule has 0 aliphatic carbocycles. The third-order valence-electron chi connectivity index (χ3n) is 3.39. The summed E-state index contributed by atoms with van der Waals surface area (Å²) < 4.78 is 0. The van der Waals surface area contributed by atoms with E-state index in [2.05, 4.69) is 18.0 Å². The Morgan fingerprint density at radius 1 is 1.53 bits per heavy atom. The Balaban J connectivity index is 2.21. The number of nitrogens with zero attached hydrogens (tertiary/aromatic N) is 1. The first-order valence-electron chi connectivity index (χ1n) is 6.59. The lowest BCUT2D eigenvalue weighted by atomic mass is 9.93. The standard InChI is InChI=1S/C15H20N2O2/c1-2-9-17(10-11-18)15(19)14-13-6-4-3-5-12(13)7-8-16-14/h2-6,14,16,18H,1,7-11H2. The first kappa shape index (κ1) is 13.8. The van der Waals surface area contributed by atoms with E-state index in [9.17, 15) is 4.79 Å². The van der Waals surface area contributed by atoms with Gasteiger partial charge in [0.25, 0.3) is 0 Å². The van der Waals surface area contributed by atoms with Crippen LogP contribution < -0.4 is 5.32 Å². The summed E-state index contributed by atoms with van der Waals surface area (Å²) in [5.41, 5.74) is 2.27. The van der Waals surface area contributed by atoms with Gasteiger partial charge >= 0.3 is 0 Å². The predicted molar refractivity (Wildman–Crippen MR) is 74.8 cm³/mol. The van der Waals surface area contributed by atoms with Crippen LogP contribution in [0.5, 0.6) is 0 Å². The van der Waals surface area contributed by atoms with Crippen LogP contribution in [0.15, 0.2) is 36.9 Å². The maximum Gasteiger partial charge on any atom is 0.244 e. The molecular formula is C15H20N2O2. The Bertz CT molecular complexity index is 459. The monoisotopic (exact) mass is 260 g/mol. The van der Waals surface area contributed by atoms with Gasteiger partial charge in [0, 0.05) is 19.6 Å². The maximum absolute atomic E-state index is 12.5. The van der Waals surface area contributed by atoms with Gasteiger partial charge in [-0.25, -0.2) is 0 Å². The summed E-state index contributed by atoms with van der Waals surface area (Å²) in [4.78, 5) is 14.2. The minimum atomic E-state index is -0.309. The van der Waals surface area contributed by atoms with E-state index in [1.54, 1.807) is 11.0 Å². The zero-order valence-electron chi connectivity index (χ0n) is 11.0. The number of aliphatic hydroxyl groups is 1. The molecule has 1 unspecified atom stereocenters. The summed E-state index contributed by atoms with van der Waals surface area (Å²) in [5, 5.41) is 12.3. The molecule has 0 saturated carbocycles. The molecule has 1 aliphatic heterocycles. The van der Waals surface area contributed by atoms with Crippen LogP contribution in [0.25, 0.3) is 0 Å². The molecule has 0 fully saturated rings. The molecule has 0 radical (unpaired) electrons. The Kier molecular flexibility index (Phi) is 4.71. The van der Waals surface area contributed by atoms with Gasteiger partial charge in [0.1, 0.15) is 6.04 Å². The molecule has 0 spiro atoms. The van der Waals surface area contributed by atoms with Gasteiger partial charge in [0.2, 0.25) is 5.91 Å². The van der Waals surface area contributed by atoms with Crippen LogP contribution in [0, 0.1) is 0 Å². The Hall–Kier alpha value is -1.65. The van der Waals surface area contributed by atoms with Crippen molar-refractivity contribution in [3.63, 3.8) is 0 Å². The van der Waals surface area contributed by atoms with Crippen LogP contribution >= 0.6 is 0 Å². The highest BCUT2D eigenvalue weighted by molar-refractivity contribution is 5.84. The van der Waals surface area contributed by atoms with Crippen LogP contribution in [-0.4, -0.2) is 42.2 Å². The lowest BCUT2D eigenvalue weighted by molar-refractivity contribution is -0.133. The number of hydrogen-bond donors (Lipinski definition) is 2. The van der Waals surface area contributed by atoms with Gasteiger partial charge in [0.05, 0.1) is 6.61 Å². The molecule has 1 atom stereocenters. The van der Waals surface area contributed by atoms with Gasteiger partial charge in [-0.15, -0.1) is 6.58 Å². The summed E-state index contributed by atoms with van der Waals surface area (Å²) >= 11 is 0. The van der Waals surface area contributed by atoms with Gasteiger partial charge in [0.15, 0.2) is 0 Å². The summed E-state index contributed by atoms with van der Waals surface area (Å²) in [6, 6.07) is 7.71. The number of carbonyl (C=O) groups excluding carboxylic acids is 1. The molecule has 1 aromatic carbocycles. The molecule has 2 rings (SSSR count). The third kappa shape index (κ3) is 3.03. The molecule has 19 heavy (non-hydrogen) atoms. The number of aliphatic hydroxyl groups excluding tert-OH is 1. The molecule has 0 aromatic heterocycles. The van der Waals surface area contributed by atoms with E-state index in [1.807, 2.05) is 18.2 Å². The second-order valence-corrected chi connectivity index (χ2v) is 4.63. The Morgan fingerprint density at radius 2 is 2.32 bits per heavy atom. The van der Waals surface area contributed by atoms with Crippen molar-refractivity contribution in [1.29, 1.82) is 0 Å². The highest BCUT2D eigenvalue weighted by Gasteiger charge is 2.28. The highest BCUT2D eigenvalue weighted by Crippen LogP contribution is 2.24. The van der Waals surface area contributed by atoms with Crippen molar-refractivity contribution in [2.75, 3.05) is 26.2 Å². The first-order chi connectivity index (χ1) is 9.27. The molecular weight excluding hydrogens is 240 g/mol. The van der Waals surface area contributed by atoms with E-state index in [4.69, 9.17) is 5.11 Å². The topological polar surface area (TPSA) is 52.6 Å². The number of nitrogens with one attached hydrogen (secondary N) is 1. The summed E-state index contributed by atoms with van der Waals surface area (Å²) in [7, 11) is 0. The fourth-order valence-electron chi connectivity index (χ4n) is 2.48. The number of amides is 1. The lowest BCUT2D eigenvalue weighted by Crippen LogP contribution is -2.44. The maximum atomic E-state index is 12.5. The zero-order chi connectivity index (χ0) is 13.7. The van der Waals surface area contributed by atoms with Crippen LogP contribution in [-0.2, 0) is 11.2 Å². The van der Waals surface area contributed by atoms with Crippen LogP contribution in [0.1, 0.15) is 17.2 Å². The van der Waals surface area contributed by atoms with Crippen molar-refractivity contribution in [2.24, 2.45) is 0 Å².